The Labute approximate surface area is 123 Å². The largest absolute Gasteiger partial charge is 0.379 e. The van der Waals surface area contributed by atoms with Crippen LogP contribution in [0.15, 0.2) is 48.5 Å². The maximum absolute atomic E-state index is 13.2. The Morgan fingerprint density at radius 3 is 1.71 bits per heavy atom. The van der Waals surface area contributed by atoms with E-state index in [9.17, 15) is 8.78 Å². The standard InChI is InChI=1S/C18H16F2O/c1-3-18(13-21-4-2,14-5-9-16(19)10-6-14)15-7-11-17(20)12-8-15/h1,5-12H,4,13H2,2H3. The smallest absolute Gasteiger partial charge is 0.123 e. The summed E-state index contributed by atoms with van der Waals surface area (Å²) >= 11 is 0. The molecule has 2 aromatic carbocycles. The zero-order valence-corrected chi connectivity index (χ0v) is 11.8. The summed E-state index contributed by atoms with van der Waals surface area (Å²) in [6, 6.07) is 12.0. The predicted octanol–water partition coefficient (Wildman–Crippen LogP) is 3.92. The lowest BCUT2D eigenvalue weighted by Gasteiger charge is -2.29. The quantitative estimate of drug-likeness (QED) is 0.757. The average molecular weight is 286 g/mol. The Kier molecular flexibility index (Phi) is 4.72. The second-order valence-electron chi connectivity index (χ2n) is 4.70. The number of ether oxygens (including phenoxy) is 1. The molecule has 0 spiro atoms. The monoisotopic (exact) mass is 286 g/mol. The molecule has 0 aliphatic heterocycles. The average Bonchev–Trinajstić information content (AvgIpc) is 2.51. The third-order valence-electron chi connectivity index (χ3n) is 3.44. The van der Waals surface area contributed by atoms with E-state index in [2.05, 4.69) is 5.92 Å². The van der Waals surface area contributed by atoms with Crippen molar-refractivity contribution in [3.63, 3.8) is 0 Å². The SMILES string of the molecule is C#CC(COCC)(c1ccc(F)cc1)c1ccc(F)cc1. The third kappa shape index (κ3) is 3.12. The Bertz CT molecular complexity index is 578. The first-order chi connectivity index (χ1) is 10.1. The zero-order valence-electron chi connectivity index (χ0n) is 11.8. The van der Waals surface area contributed by atoms with Gasteiger partial charge in [-0.2, -0.15) is 0 Å². The molecule has 0 heterocycles. The van der Waals surface area contributed by atoms with Crippen LogP contribution in [0.5, 0.6) is 0 Å². The van der Waals surface area contributed by atoms with Gasteiger partial charge in [0.15, 0.2) is 0 Å². The number of terminal acetylenes is 1. The molecule has 0 fully saturated rings. The van der Waals surface area contributed by atoms with Crippen LogP contribution in [-0.2, 0) is 10.2 Å². The molecule has 0 aliphatic carbocycles. The molecule has 0 saturated heterocycles. The minimum absolute atomic E-state index is 0.247. The molecule has 0 aliphatic rings. The predicted molar refractivity (Wildman–Crippen MR) is 78.9 cm³/mol. The molecule has 2 rings (SSSR count). The Hall–Kier alpha value is -2.18. The van der Waals surface area contributed by atoms with Crippen molar-refractivity contribution in [2.75, 3.05) is 13.2 Å². The van der Waals surface area contributed by atoms with E-state index in [0.717, 1.165) is 11.1 Å². The van der Waals surface area contributed by atoms with Gasteiger partial charge in [-0.1, -0.05) is 30.2 Å². The van der Waals surface area contributed by atoms with Gasteiger partial charge in [-0.15, -0.1) is 6.42 Å². The van der Waals surface area contributed by atoms with Crippen LogP contribution in [-0.4, -0.2) is 13.2 Å². The van der Waals surface area contributed by atoms with E-state index in [-0.39, 0.29) is 18.2 Å². The molecular formula is C18H16F2O. The van der Waals surface area contributed by atoms with Gasteiger partial charge >= 0.3 is 0 Å². The van der Waals surface area contributed by atoms with Crippen LogP contribution in [0.25, 0.3) is 0 Å². The fraction of sp³-hybridized carbons (Fsp3) is 0.222. The normalized spacial score (nSPS) is 11.1. The van der Waals surface area contributed by atoms with Gasteiger partial charge in [-0.3, -0.25) is 0 Å². The van der Waals surface area contributed by atoms with Crippen molar-refractivity contribution in [3.8, 4) is 12.3 Å². The number of benzene rings is 2. The van der Waals surface area contributed by atoms with Crippen LogP contribution in [0, 0.1) is 24.0 Å². The Balaban J connectivity index is 2.55. The number of hydrogen-bond donors (Lipinski definition) is 0. The lowest BCUT2D eigenvalue weighted by atomic mass is 9.76. The van der Waals surface area contributed by atoms with Gasteiger partial charge in [0.2, 0.25) is 0 Å². The molecule has 0 N–H and O–H groups in total. The van der Waals surface area contributed by atoms with Gasteiger partial charge in [0, 0.05) is 6.61 Å². The highest BCUT2D eigenvalue weighted by Gasteiger charge is 2.32. The molecule has 0 radical (unpaired) electrons. The van der Waals surface area contributed by atoms with Gasteiger partial charge in [0.05, 0.1) is 6.61 Å². The summed E-state index contributed by atoms with van der Waals surface area (Å²) in [5.41, 5.74) is 0.621. The highest BCUT2D eigenvalue weighted by Crippen LogP contribution is 2.32. The lowest BCUT2D eigenvalue weighted by molar-refractivity contribution is 0.124. The van der Waals surface area contributed by atoms with Crippen molar-refractivity contribution in [2.45, 2.75) is 12.3 Å². The minimum atomic E-state index is -0.864. The third-order valence-corrected chi connectivity index (χ3v) is 3.44. The summed E-state index contributed by atoms with van der Waals surface area (Å²) in [7, 11) is 0. The van der Waals surface area contributed by atoms with Crippen molar-refractivity contribution in [2.24, 2.45) is 0 Å². The maximum atomic E-state index is 13.2. The summed E-state index contributed by atoms with van der Waals surface area (Å²) in [5.74, 6) is 2.09. The summed E-state index contributed by atoms with van der Waals surface area (Å²) < 4.78 is 31.8. The van der Waals surface area contributed by atoms with E-state index in [1.165, 1.54) is 24.3 Å². The highest BCUT2D eigenvalue weighted by molar-refractivity contribution is 5.47. The van der Waals surface area contributed by atoms with Crippen molar-refractivity contribution < 1.29 is 13.5 Å². The van der Waals surface area contributed by atoms with Crippen LogP contribution in [0.2, 0.25) is 0 Å². The number of hydrogen-bond acceptors (Lipinski definition) is 1. The van der Waals surface area contributed by atoms with Crippen LogP contribution in [0.1, 0.15) is 18.1 Å². The molecule has 1 nitrogen and oxygen atoms in total. The van der Waals surface area contributed by atoms with Crippen LogP contribution < -0.4 is 0 Å². The number of rotatable bonds is 5. The van der Waals surface area contributed by atoms with Crippen LogP contribution >= 0.6 is 0 Å². The maximum Gasteiger partial charge on any atom is 0.123 e. The van der Waals surface area contributed by atoms with Gasteiger partial charge in [0.25, 0.3) is 0 Å². The topological polar surface area (TPSA) is 9.23 Å². The molecule has 2 aromatic rings. The van der Waals surface area contributed by atoms with Crippen LogP contribution in [0.3, 0.4) is 0 Å². The van der Waals surface area contributed by atoms with E-state index < -0.39 is 5.41 Å². The lowest BCUT2D eigenvalue weighted by Crippen LogP contribution is -2.32. The highest BCUT2D eigenvalue weighted by atomic mass is 19.1. The van der Waals surface area contributed by atoms with E-state index in [4.69, 9.17) is 11.2 Å². The van der Waals surface area contributed by atoms with Gasteiger partial charge < -0.3 is 4.74 Å². The van der Waals surface area contributed by atoms with Gasteiger partial charge in [0.1, 0.15) is 17.0 Å². The molecule has 108 valence electrons. The first-order valence-corrected chi connectivity index (χ1v) is 6.70. The Morgan fingerprint density at radius 2 is 1.38 bits per heavy atom. The fourth-order valence-electron chi connectivity index (χ4n) is 2.27. The molecule has 0 unspecified atom stereocenters. The van der Waals surface area contributed by atoms with E-state index in [1.54, 1.807) is 24.3 Å². The van der Waals surface area contributed by atoms with Crippen molar-refractivity contribution >= 4 is 0 Å². The second-order valence-corrected chi connectivity index (χ2v) is 4.70. The summed E-state index contributed by atoms with van der Waals surface area (Å²) in [4.78, 5) is 0. The van der Waals surface area contributed by atoms with Crippen molar-refractivity contribution in [1.82, 2.24) is 0 Å². The molecular weight excluding hydrogens is 270 g/mol. The second kappa shape index (κ2) is 6.51. The first-order valence-electron chi connectivity index (χ1n) is 6.70. The molecule has 0 saturated carbocycles. The van der Waals surface area contributed by atoms with Gasteiger partial charge in [-0.25, -0.2) is 8.78 Å². The molecule has 0 amide bonds. The van der Waals surface area contributed by atoms with E-state index >= 15 is 0 Å². The fourth-order valence-corrected chi connectivity index (χ4v) is 2.27. The summed E-state index contributed by atoms with van der Waals surface area (Å²) in [6.45, 7) is 2.62. The van der Waals surface area contributed by atoms with Crippen molar-refractivity contribution in [3.05, 3.63) is 71.3 Å². The van der Waals surface area contributed by atoms with Gasteiger partial charge in [-0.05, 0) is 42.3 Å². The van der Waals surface area contributed by atoms with E-state index in [1.807, 2.05) is 6.92 Å². The van der Waals surface area contributed by atoms with Crippen LogP contribution in [0.4, 0.5) is 8.78 Å². The minimum Gasteiger partial charge on any atom is -0.379 e. The Morgan fingerprint density at radius 1 is 0.952 bits per heavy atom. The molecule has 0 bridgehead atoms. The molecule has 0 aromatic heterocycles. The first kappa shape index (κ1) is 15.2. The zero-order chi connectivity index (χ0) is 15.3. The summed E-state index contributed by atoms with van der Waals surface area (Å²) in [6.07, 6.45) is 5.77. The number of halogens is 2. The van der Waals surface area contributed by atoms with E-state index in [0.29, 0.717) is 6.61 Å². The molecule has 0 atom stereocenters. The summed E-state index contributed by atoms with van der Waals surface area (Å²) in [5, 5.41) is 0. The molecule has 3 heteroatoms. The van der Waals surface area contributed by atoms with Crippen molar-refractivity contribution in [1.29, 1.82) is 0 Å². The molecule has 21 heavy (non-hydrogen) atoms.